The number of nitrogen functional groups attached to an aromatic ring is 1. The third kappa shape index (κ3) is 4.28. The van der Waals surface area contributed by atoms with E-state index >= 15 is 0 Å². The zero-order valence-corrected chi connectivity index (χ0v) is 19.4. The van der Waals surface area contributed by atoms with Crippen molar-refractivity contribution in [3.63, 3.8) is 0 Å². The molecule has 4 aromatic rings. The Bertz CT molecular complexity index is 1240. The van der Waals surface area contributed by atoms with Gasteiger partial charge < -0.3 is 10.5 Å². The molecule has 2 aromatic heterocycles. The summed E-state index contributed by atoms with van der Waals surface area (Å²) < 4.78 is 8.01. The summed E-state index contributed by atoms with van der Waals surface area (Å²) in [6.45, 7) is 8.84. The van der Waals surface area contributed by atoms with Crippen LogP contribution in [-0.4, -0.2) is 43.3 Å². The van der Waals surface area contributed by atoms with Crippen molar-refractivity contribution in [2.45, 2.75) is 45.2 Å². The first-order valence-corrected chi connectivity index (χ1v) is 11.5. The van der Waals surface area contributed by atoms with Crippen LogP contribution in [0.25, 0.3) is 22.3 Å². The molecule has 0 saturated carbocycles. The molecule has 1 atom stereocenters. The summed E-state index contributed by atoms with van der Waals surface area (Å²) in [5, 5.41) is 5.85. The van der Waals surface area contributed by atoms with E-state index < -0.39 is 0 Å². The number of benzene rings is 2. The number of aromatic nitrogens is 4. The van der Waals surface area contributed by atoms with Crippen LogP contribution in [0.5, 0.6) is 11.5 Å². The molecule has 0 spiro atoms. The fraction of sp³-hybridized carbons (Fsp3) is 0.346. The molecular weight excluding hydrogens is 412 g/mol. The molecule has 170 valence electrons. The van der Waals surface area contributed by atoms with Crippen molar-refractivity contribution in [3.8, 4) is 22.8 Å². The van der Waals surface area contributed by atoms with Gasteiger partial charge in [-0.3, -0.25) is 4.90 Å². The summed E-state index contributed by atoms with van der Waals surface area (Å²) in [5.74, 6) is 2.03. The maximum Gasteiger partial charge on any atom is 0.164 e. The highest BCUT2D eigenvalue weighted by Gasteiger charge is 2.31. The van der Waals surface area contributed by atoms with Crippen molar-refractivity contribution in [3.05, 3.63) is 60.9 Å². The molecule has 3 heterocycles. The molecule has 1 saturated heterocycles. The number of fused-ring (bicyclic) bond motifs is 1. The summed E-state index contributed by atoms with van der Waals surface area (Å²) in [7, 11) is 0. The van der Waals surface area contributed by atoms with Crippen molar-refractivity contribution in [1.29, 1.82) is 0 Å². The van der Waals surface area contributed by atoms with E-state index in [1.54, 1.807) is 0 Å². The van der Waals surface area contributed by atoms with E-state index in [9.17, 15) is 0 Å². The van der Waals surface area contributed by atoms with E-state index in [1.165, 1.54) is 6.33 Å². The van der Waals surface area contributed by atoms with Crippen LogP contribution in [0.3, 0.4) is 0 Å². The van der Waals surface area contributed by atoms with Crippen LogP contribution in [0.1, 0.15) is 39.7 Å². The summed E-state index contributed by atoms with van der Waals surface area (Å²) in [6.07, 6.45) is 3.72. The van der Waals surface area contributed by atoms with Crippen molar-refractivity contribution in [2.75, 3.05) is 18.8 Å². The van der Waals surface area contributed by atoms with Crippen molar-refractivity contribution in [1.82, 2.24) is 24.6 Å². The van der Waals surface area contributed by atoms with Gasteiger partial charge in [-0.05, 0) is 76.6 Å². The lowest BCUT2D eigenvalue weighted by Gasteiger charge is -2.41. The number of anilines is 1. The second-order valence-corrected chi connectivity index (χ2v) is 9.60. The first-order valence-electron chi connectivity index (χ1n) is 11.5. The summed E-state index contributed by atoms with van der Waals surface area (Å²) >= 11 is 0. The number of ether oxygens (including phenoxy) is 1. The van der Waals surface area contributed by atoms with Crippen LogP contribution in [-0.2, 0) is 0 Å². The number of likely N-dealkylation sites (tertiary alicyclic amines) is 1. The summed E-state index contributed by atoms with van der Waals surface area (Å²) in [4.78, 5) is 11.4. The van der Waals surface area contributed by atoms with Gasteiger partial charge in [-0.2, -0.15) is 5.10 Å². The Balaban J connectivity index is 1.50. The zero-order valence-electron chi connectivity index (χ0n) is 19.4. The highest BCUT2D eigenvalue weighted by Crippen LogP contribution is 2.35. The Morgan fingerprint density at radius 2 is 1.70 bits per heavy atom. The molecule has 7 heteroatoms. The number of hydrogen-bond donors (Lipinski definition) is 1. The molecule has 1 unspecified atom stereocenters. The van der Waals surface area contributed by atoms with E-state index in [0.29, 0.717) is 5.82 Å². The van der Waals surface area contributed by atoms with Gasteiger partial charge in [0.05, 0.1) is 11.4 Å². The highest BCUT2D eigenvalue weighted by atomic mass is 16.5. The van der Waals surface area contributed by atoms with E-state index in [-0.39, 0.29) is 11.6 Å². The molecule has 0 amide bonds. The van der Waals surface area contributed by atoms with E-state index in [1.807, 2.05) is 54.6 Å². The monoisotopic (exact) mass is 442 g/mol. The fourth-order valence-electron chi connectivity index (χ4n) is 4.52. The third-order valence-electron chi connectivity index (χ3n) is 6.32. The average molecular weight is 443 g/mol. The lowest BCUT2D eigenvalue weighted by atomic mass is 9.98. The molecule has 0 radical (unpaired) electrons. The van der Waals surface area contributed by atoms with E-state index in [0.717, 1.165) is 59.7 Å². The van der Waals surface area contributed by atoms with Gasteiger partial charge >= 0.3 is 0 Å². The fourth-order valence-corrected chi connectivity index (χ4v) is 4.52. The molecule has 2 N–H and O–H groups in total. The van der Waals surface area contributed by atoms with Crippen LogP contribution in [0.15, 0.2) is 60.9 Å². The van der Waals surface area contributed by atoms with Crippen LogP contribution in [0, 0.1) is 0 Å². The molecule has 2 aromatic carbocycles. The van der Waals surface area contributed by atoms with Crippen LogP contribution < -0.4 is 10.5 Å². The van der Waals surface area contributed by atoms with Gasteiger partial charge in [-0.25, -0.2) is 14.6 Å². The average Bonchev–Trinajstić information content (AvgIpc) is 3.21. The van der Waals surface area contributed by atoms with Crippen molar-refractivity contribution < 1.29 is 4.74 Å². The Labute approximate surface area is 194 Å². The molecular formula is C26H30N6O. The molecule has 7 nitrogen and oxygen atoms in total. The number of nitrogens with zero attached hydrogens (tertiary/aromatic N) is 5. The predicted molar refractivity (Wildman–Crippen MR) is 131 cm³/mol. The zero-order chi connectivity index (χ0) is 23.0. The molecule has 33 heavy (non-hydrogen) atoms. The quantitative estimate of drug-likeness (QED) is 0.462. The van der Waals surface area contributed by atoms with Crippen molar-refractivity contribution in [2.24, 2.45) is 0 Å². The first kappa shape index (κ1) is 21.4. The molecule has 1 aliphatic rings. The van der Waals surface area contributed by atoms with Gasteiger partial charge in [0.2, 0.25) is 0 Å². The van der Waals surface area contributed by atoms with Crippen LogP contribution in [0.4, 0.5) is 5.82 Å². The minimum absolute atomic E-state index is 0.118. The van der Waals surface area contributed by atoms with Gasteiger partial charge in [0.25, 0.3) is 0 Å². The van der Waals surface area contributed by atoms with Gasteiger partial charge in [0, 0.05) is 17.6 Å². The minimum Gasteiger partial charge on any atom is -0.457 e. The Kier molecular flexibility index (Phi) is 5.50. The van der Waals surface area contributed by atoms with Crippen LogP contribution >= 0.6 is 0 Å². The van der Waals surface area contributed by atoms with E-state index in [2.05, 4.69) is 40.3 Å². The second-order valence-electron chi connectivity index (χ2n) is 9.60. The Morgan fingerprint density at radius 3 is 2.42 bits per heavy atom. The predicted octanol–water partition coefficient (Wildman–Crippen LogP) is 5.30. The SMILES string of the molecule is CC(C)(C)N1CCCC(n2nc(-c3ccc(Oc4ccccc4)cc3)c3c(N)ncnc32)C1. The molecule has 0 aliphatic carbocycles. The topological polar surface area (TPSA) is 82.1 Å². The number of hydrogen-bond acceptors (Lipinski definition) is 6. The Morgan fingerprint density at radius 1 is 0.970 bits per heavy atom. The number of rotatable bonds is 4. The largest absolute Gasteiger partial charge is 0.457 e. The molecule has 1 fully saturated rings. The maximum absolute atomic E-state index is 6.33. The number of piperidine rings is 1. The number of para-hydroxylation sites is 1. The van der Waals surface area contributed by atoms with Crippen LogP contribution in [0.2, 0.25) is 0 Å². The molecule has 1 aliphatic heterocycles. The van der Waals surface area contributed by atoms with Crippen molar-refractivity contribution >= 4 is 16.9 Å². The summed E-state index contributed by atoms with van der Waals surface area (Å²) in [5.41, 5.74) is 9.01. The van der Waals surface area contributed by atoms with Gasteiger partial charge in [0.1, 0.15) is 29.3 Å². The second kappa shape index (κ2) is 8.48. The van der Waals surface area contributed by atoms with Gasteiger partial charge in [-0.1, -0.05) is 18.2 Å². The normalized spacial score (nSPS) is 17.4. The van der Waals surface area contributed by atoms with E-state index in [4.69, 9.17) is 15.6 Å². The lowest BCUT2D eigenvalue weighted by Crippen LogP contribution is -2.47. The first-order chi connectivity index (χ1) is 15.9. The standard InChI is InChI=1S/C26H30N6O/c1-26(2,3)31-15-7-8-19(16-31)32-25-22(24(27)28-17-29-25)23(30-32)18-11-13-21(14-12-18)33-20-9-5-4-6-10-20/h4-6,9-14,17,19H,7-8,15-16H2,1-3H3,(H2,27,28,29). The Hall–Kier alpha value is -3.45. The smallest absolute Gasteiger partial charge is 0.164 e. The maximum atomic E-state index is 6.33. The lowest BCUT2D eigenvalue weighted by molar-refractivity contribution is 0.0797. The summed E-state index contributed by atoms with van der Waals surface area (Å²) in [6, 6.07) is 17.9. The molecule has 0 bridgehead atoms. The molecule has 5 rings (SSSR count). The number of nitrogens with two attached hydrogens (primary N) is 1. The highest BCUT2D eigenvalue weighted by molar-refractivity contribution is 5.98. The minimum atomic E-state index is 0.118. The van der Waals surface area contributed by atoms with Gasteiger partial charge in [-0.15, -0.1) is 0 Å². The third-order valence-corrected chi connectivity index (χ3v) is 6.32. The van der Waals surface area contributed by atoms with Gasteiger partial charge in [0.15, 0.2) is 5.65 Å².